The molecule has 0 bridgehead atoms. The summed E-state index contributed by atoms with van der Waals surface area (Å²) in [5.41, 5.74) is 3.20. The smallest absolute Gasteiger partial charge is 0.145 e. The molecule has 2 rings (SSSR count). The van der Waals surface area contributed by atoms with E-state index in [0.29, 0.717) is 11.6 Å². The van der Waals surface area contributed by atoms with Crippen molar-refractivity contribution in [1.82, 2.24) is 9.97 Å². The molecule has 0 saturated carbocycles. The van der Waals surface area contributed by atoms with Crippen LogP contribution in [0.25, 0.3) is 0 Å². The van der Waals surface area contributed by atoms with E-state index in [1.807, 2.05) is 22.6 Å². The number of benzene rings is 1. The van der Waals surface area contributed by atoms with Crippen LogP contribution in [0.4, 0.5) is 21.7 Å². The molecule has 5 nitrogen and oxygen atoms in total. The summed E-state index contributed by atoms with van der Waals surface area (Å²) in [5, 5.41) is 3.05. The Balaban J connectivity index is 2.25. The van der Waals surface area contributed by atoms with Crippen LogP contribution >= 0.6 is 22.6 Å². The maximum atomic E-state index is 12.9. The van der Waals surface area contributed by atoms with E-state index in [1.54, 1.807) is 12.1 Å². The first-order chi connectivity index (χ1) is 8.19. The summed E-state index contributed by atoms with van der Waals surface area (Å²) < 4.78 is 13.7. The summed E-state index contributed by atoms with van der Waals surface area (Å²) in [6, 6.07) is 6.12. The van der Waals surface area contributed by atoms with Gasteiger partial charge in [-0.25, -0.2) is 20.2 Å². The van der Waals surface area contributed by atoms with Gasteiger partial charge in [0, 0.05) is 9.64 Å². The first-order valence-electron chi connectivity index (χ1n) is 4.70. The van der Waals surface area contributed by atoms with E-state index < -0.39 is 0 Å². The van der Waals surface area contributed by atoms with Gasteiger partial charge in [-0.2, -0.15) is 0 Å². The van der Waals surface area contributed by atoms with E-state index in [9.17, 15) is 4.39 Å². The van der Waals surface area contributed by atoms with Gasteiger partial charge in [0.2, 0.25) is 0 Å². The molecule has 1 aromatic heterocycles. The van der Waals surface area contributed by atoms with Gasteiger partial charge in [-0.15, -0.1) is 0 Å². The zero-order valence-corrected chi connectivity index (χ0v) is 10.8. The Morgan fingerprint density at radius 1 is 1.18 bits per heavy atom. The van der Waals surface area contributed by atoms with E-state index in [-0.39, 0.29) is 5.82 Å². The summed E-state index contributed by atoms with van der Waals surface area (Å²) >= 11 is 2.04. The Morgan fingerprint density at radius 3 is 2.65 bits per heavy atom. The highest BCUT2D eigenvalue weighted by atomic mass is 127. The van der Waals surface area contributed by atoms with Gasteiger partial charge in [-0.3, -0.25) is 0 Å². The third-order valence-electron chi connectivity index (χ3n) is 2.01. The van der Waals surface area contributed by atoms with Gasteiger partial charge in [-0.05, 0) is 40.8 Å². The molecule has 1 aromatic carbocycles. The van der Waals surface area contributed by atoms with E-state index >= 15 is 0 Å². The minimum atomic E-state index is -0.271. The molecule has 0 aliphatic rings. The third kappa shape index (κ3) is 3.01. The van der Waals surface area contributed by atoms with Crippen LogP contribution in [0.2, 0.25) is 0 Å². The molecule has 0 unspecified atom stereocenters. The number of nitrogens with zero attached hydrogens (tertiary/aromatic N) is 2. The number of nitrogen functional groups attached to an aromatic ring is 1. The van der Waals surface area contributed by atoms with Gasteiger partial charge >= 0.3 is 0 Å². The summed E-state index contributed by atoms with van der Waals surface area (Å²) in [6.07, 6.45) is 1.38. The number of rotatable bonds is 3. The predicted octanol–water partition coefficient (Wildman–Crippen LogP) is 2.25. The van der Waals surface area contributed by atoms with Crippen LogP contribution in [-0.4, -0.2) is 9.97 Å². The van der Waals surface area contributed by atoms with Gasteiger partial charge in [0.15, 0.2) is 0 Å². The number of anilines is 3. The number of nitrogens with two attached hydrogens (primary N) is 1. The monoisotopic (exact) mass is 345 g/mol. The van der Waals surface area contributed by atoms with Gasteiger partial charge in [-0.1, -0.05) is 0 Å². The number of nitrogens with one attached hydrogen (secondary N) is 2. The molecule has 0 spiro atoms. The van der Waals surface area contributed by atoms with Gasteiger partial charge in [0.1, 0.15) is 23.8 Å². The zero-order chi connectivity index (χ0) is 12.3. The Morgan fingerprint density at radius 2 is 1.94 bits per heavy atom. The van der Waals surface area contributed by atoms with Crippen molar-refractivity contribution in [3.63, 3.8) is 0 Å². The van der Waals surface area contributed by atoms with Crippen molar-refractivity contribution < 1.29 is 4.39 Å². The van der Waals surface area contributed by atoms with Crippen LogP contribution in [0.15, 0.2) is 30.6 Å². The van der Waals surface area contributed by atoms with Gasteiger partial charge < -0.3 is 10.7 Å². The van der Waals surface area contributed by atoms with Crippen LogP contribution in [0.1, 0.15) is 0 Å². The van der Waals surface area contributed by atoms with Crippen molar-refractivity contribution in [2.75, 3.05) is 10.7 Å². The third-order valence-corrected chi connectivity index (χ3v) is 2.90. The molecule has 0 atom stereocenters. The molecule has 2 aromatic rings. The molecule has 0 aliphatic heterocycles. The second-order valence-corrected chi connectivity index (χ2v) is 4.34. The zero-order valence-electron chi connectivity index (χ0n) is 8.61. The van der Waals surface area contributed by atoms with E-state index in [4.69, 9.17) is 5.84 Å². The lowest BCUT2D eigenvalue weighted by Crippen LogP contribution is -2.09. The molecule has 0 radical (unpaired) electrons. The first kappa shape index (κ1) is 12.0. The fraction of sp³-hybridized carbons (Fsp3) is 0. The number of aromatic nitrogens is 2. The van der Waals surface area contributed by atoms with Crippen LogP contribution < -0.4 is 16.6 Å². The molecule has 1 heterocycles. The molecule has 0 aliphatic carbocycles. The minimum Gasteiger partial charge on any atom is -0.339 e. The van der Waals surface area contributed by atoms with Crippen LogP contribution in [0.3, 0.4) is 0 Å². The van der Waals surface area contributed by atoms with Crippen molar-refractivity contribution in [1.29, 1.82) is 0 Å². The highest BCUT2D eigenvalue weighted by Crippen LogP contribution is 2.22. The van der Waals surface area contributed by atoms with Crippen molar-refractivity contribution in [2.45, 2.75) is 0 Å². The molecular formula is C10H9FIN5. The Kier molecular flexibility index (Phi) is 3.69. The normalized spacial score (nSPS) is 10.1. The molecule has 0 amide bonds. The van der Waals surface area contributed by atoms with Crippen molar-refractivity contribution >= 4 is 39.9 Å². The minimum absolute atomic E-state index is 0.271. The summed E-state index contributed by atoms with van der Waals surface area (Å²) in [7, 11) is 0. The lowest BCUT2D eigenvalue weighted by molar-refractivity contribution is 0.627. The van der Waals surface area contributed by atoms with E-state index in [0.717, 1.165) is 9.26 Å². The van der Waals surface area contributed by atoms with Gasteiger partial charge in [0.05, 0.1) is 5.69 Å². The molecule has 17 heavy (non-hydrogen) atoms. The fourth-order valence-electron chi connectivity index (χ4n) is 1.23. The lowest BCUT2D eigenvalue weighted by Gasteiger charge is -2.08. The quantitative estimate of drug-likeness (QED) is 0.452. The molecule has 4 N–H and O–H groups in total. The number of hydrazine groups is 1. The van der Waals surface area contributed by atoms with Crippen molar-refractivity contribution in [3.8, 4) is 0 Å². The summed E-state index contributed by atoms with van der Waals surface area (Å²) in [4.78, 5) is 7.92. The standard InChI is InChI=1S/C10H9FIN5/c11-6-1-2-8(7(12)3-6)16-9-4-10(17-13)15-5-14-9/h1-5H,13H2,(H2,14,15,16,17). The van der Waals surface area contributed by atoms with Crippen LogP contribution in [0.5, 0.6) is 0 Å². The number of hydrogen-bond donors (Lipinski definition) is 3. The second-order valence-electron chi connectivity index (χ2n) is 3.18. The Bertz CT molecular complexity index is 534. The molecule has 0 fully saturated rings. The first-order valence-corrected chi connectivity index (χ1v) is 5.77. The topological polar surface area (TPSA) is 75.9 Å². The number of halogens is 2. The maximum Gasteiger partial charge on any atom is 0.145 e. The fourth-order valence-corrected chi connectivity index (χ4v) is 1.85. The SMILES string of the molecule is NNc1cc(Nc2ccc(F)cc2I)ncn1. The van der Waals surface area contributed by atoms with Crippen molar-refractivity contribution in [3.05, 3.63) is 40.0 Å². The predicted molar refractivity (Wildman–Crippen MR) is 72.2 cm³/mol. The summed E-state index contributed by atoms with van der Waals surface area (Å²) in [6.45, 7) is 0. The molecule has 7 heteroatoms. The van der Waals surface area contributed by atoms with E-state index in [1.165, 1.54) is 18.5 Å². The Hall–Kier alpha value is -1.48. The largest absolute Gasteiger partial charge is 0.339 e. The maximum absolute atomic E-state index is 12.9. The number of hydrogen-bond acceptors (Lipinski definition) is 5. The van der Waals surface area contributed by atoms with Crippen molar-refractivity contribution in [2.24, 2.45) is 5.84 Å². The molecule has 88 valence electrons. The summed E-state index contributed by atoms with van der Waals surface area (Å²) in [5.74, 6) is 6.05. The van der Waals surface area contributed by atoms with E-state index in [2.05, 4.69) is 20.7 Å². The molecule has 0 saturated heterocycles. The highest BCUT2D eigenvalue weighted by Gasteiger charge is 2.03. The second kappa shape index (κ2) is 5.23. The highest BCUT2D eigenvalue weighted by molar-refractivity contribution is 14.1. The average Bonchev–Trinajstić information content (AvgIpc) is 2.33. The van der Waals surface area contributed by atoms with Crippen LogP contribution in [0, 0.1) is 9.39 Å². The lowest BCUT2D eigenvalue weighted by atomic mass is 10.3. The average molecular weight is 345 g/mol. The molecular weight excluding hydrogens is 336 g/mol. The van der Waals surface area contributed by atoms with Gasteiger partial charge in [0.25, 0.3) is 0 Å². The van der Waals surface area contributed by atoms with Crippen LogP contribution in [-0.2, 0) is 0 Å². The Labute approximate surface area is 111 Å².